The van der Waals surface area contributed by atoms with E-state index in [0.29, 0.717) is 41.9 Å². The molecule has 1 saturated carbocycles. The van der Waals surface area contributed by atoms with E-state index in [1.165, 1.54) is 0 Å². The molecule has 7 heteroatoms. The van der Waals surface area contributed by atoms with Gasteiger partial charge in [-0.25, -0.2) is 4.98 Å². The Morgan fingerprint density at radius 3 is 2.67 bits per heavy atom. The molecule has 1 aromatic carbocycles. The molecular formula is C17H21N5O2. The normalized spacial score (nSPS) is 13.5. The lowest BCUT2D eigenvalue weighted by molar-refractivity contribution is 0.102. The lowest BCUT2D eigenvalue weighted by Crippen LogP contribution is -2.15. The van der Waals surface area contributed by atoms with Gasteiger partial charge in [0.05, 0.1) is 5.69 Å². The highest BCUT2D eigenvalue weighted by Crippen LogP contribution is 2.39. The van der Waals surface area contributed by atoms with E-state index in [1.54, 1.807) is 24.3 Å². The Labute approximate surface area is 140 Å². The van der Waals surface area contributed by atoms with E-state index in [1.807, 2.05) is 6.07 Å². The van der Waals surface area contributed by atoms with Gasteiger partial charge >= 0.3 is 0 Å². The van der Waals surface area contributed by atoms with E-state index in [0.717, 1.165) is 18.5 Å². The standard InChI is InChI=1S/C17H21N5O2/c18-13-6-4-12(5-7-13)16(24)21-15-10-14(11-2-3-11)20-17(22-15)19-8-1-9-23/h4-7,10-11,23H,1-3,8-9,18H2,(H2,19,20,21,22,24). The summed E-state index contributed by atoms with van der Waals surface area (Å²) in [5, 5.41) is 14.8. The quantitative estimate of drug-likeness (QED) is 0.457. The van der Waals surface area contributed by atoms with Gasteiger partial charge in [-0.15, -0.1) is 0 Å². The molecule has 1 aliphatic rings. The SMILES string of the molecule is Nc1ccc(C(=O)Nc2cc(C3CC3)nc(NCCCO)n2)cc1. The van der Waals surface area contributed by atoms with E-state index >= 15 is 0 Å². The summed E-state index contributed by atoms with van der Waals surface area (Å²) in [5.41, 5.74) is 7.70. The molecule has 126 valence electrons. The van der Waals surface area contributed by atoms with Gasteiger partial charge in [-0.1, -0.05) is 0 Å². The number of hydrogen-bond acceptors (Lipinski definition) is 6. The second kappa shape index (κ2) is 7.27. The Hall–Kier alpha value is -2.67. The fourth-order valence-electron chi connectivity index (χ4n) is 2.30. The van der Waals surface area contributed by atoms with Crippen LogP contribution in [0, 0.1) is 0 Å². The van der Waals surface area contributed by atoms with Gasteiger partial charge in [0, 0.05) is 36.4 Å². The van der Waals surface area contributed by atoms with Gasteiger partial charge < -0.3 is 21.5 Å². The summed E-state index contributed by atoms with van der Waals surface area (Å²) in [6, 6.07) is 8.55. The lowest BCUT2D eigenvalue weighted by Gasteiger charge is -2.10. The molecule has 0 unspecified atom stereocenters. The van der Waals surface area contributed by atoms with E-state index in [4.69, 9.17) is 10.8 Å². The maximum atomic E-state index is 12.3. The van der Waals surface area contributed by atoms with Gasteiger partial charge in [-0.05, 0) is 43.5 Å². The lowest BCUT2D eigenvalue weighted by atomic mass is 10.2. The van der Waals surface area contributed by atoms with Crippen LogP contribution in [0.25, 0.3) is 0 Å². The second-order valence-electron chi connectivity index (χ2n) is 5.86. The number of carbonyl (C=O) groups excluding carboxylic acids is 1. The first kappa shape index (κ1) is 16.2. The van der Waals surface area contributed by atoms with Crippen molar-refractivity contribution < 1.29 is 9.90 Å². The Bertz CT molecular complexity index is 713. The summed E-state index contributed by atoms with van der Waals surface area (Å²) >= 11 is 0. The highest BCUT2D eigenvalue weighted by atomic mass is 16.3. The van der Waals surface area contributed by atoms with Gasteiger partial charge in [0.25, 0.3) is 5.91 Å². The van der Waals surface area contributed by atoms with Crippen LogP contribution in [0.5, 0.6) is 0 Å². The van der Waals surface area contributed by atoms with Crippen molar-refractivity contribution in [2.24, 2.45) is 0 Å². The van der Waals surface area contributed by atoms with Crippen molar-refractivity contribution in [3.63, 3.8) is 0 Å². The summed E-state index contributed by atoms with van der Waals surface area (Å²) in [5.74, 6) is 1.15. The van der Waals surface area contributed by atoms with Crippen LogP contribution in [-0.2, 0) is 0 Å². The molecule has 0 saturated heterocycles. The number of nitrogens with zero attached hydrogens (tertiary/aromatic N) is 2. The predicted octanol–water partition coefficient (Wildman–Crippen LogP) is 1.98. The minimum Gasteiger partial charge on any atom is -0.399 e. The van der Waals surface area contributed by atoms with Crippen LogP contribution < -0.4 is 16.4 Å². The number of aromatic nitrogens is 2. The Kier molecular flexibility index (Phi) is 4.90. The van der Waals surface area contributed by atoms with Crippen molar-refractivity contribution in [1.82, 2.24) is 9.97 Å². The molecule has 1 fully saturated rings. The summed E-state index contributed by atoms with van der Waals surface area (Å²) in [6.45, 7) is 0.687. The molecular weight excluding hydrogens is 306 g/mol. The van der Waals surface area contributed by atoms with Gasteiger partial charge in [-0.2, -0.15) is 4.98 Å². The van der Waals surface area contributed by atoms with Crippen LogP contribution >= 0.6 is 0 Å². The third kappa shape index (κ3) is 4.20. The fourth-order valence-corrected chi connectivity index (χ4v) is 2.30. The van der Waals surface area contributed by atoms with Crippen LogP contribution in [0.1, 0.15) is 41.2 Å². The smallest absolute Gasteiger partial charge is 0.256 e. The molecule has 3 rings (SSSR count). The molecule has 0 radical (unpaired) electrons. The molecule has 0 atom stereocenters. The van der Waals surface area contributed by atoms with Gasteiger partial charge in [0.1, 0.15) is 5.82 Å². The van der Waals surface area contributed by atoms with Crippen molar-refractivity contribution in [2.45, 2.75) is 25.2 Å². The van der Waals surface area contributed by atoms with Gasteiger partial charge in [0.15, 0.2) is 0 Å². The third-order valence-electron chi connectivity index (χ3n) is 3.77. The minimum absolute atomic E-state index is 0.107. The monoisotopic (exact) mass is 327 g/mol. The molecule has 2 aromatic rings. The molecule has 1 amide bonds. The number of aliphatic hydroxyl groups excluding tert-OH is 1. The molecule has 0 aliphatic heterocycles. The van der Waals surface area contributed by atoms with Crippen LogP contribution in [0.2, 0.25) is 0 Å². The van der Waals surface area contributed by atoms with Gasteiger partial charge in [-0.3, -0.25) is 4.79 Å². The molecule has 1 aliphatic carbocycles. The fraction of sp³-hybridized carbons (Fsp3) is 0.353. The summed E-state index contributed by atoms with van der Waals surface area (Å²) in [7, 11) is 0. The summed E-state index contributed by atoms with van der Waals surface area (Å²) in [4.78, 5) is 21.2. The first-order valence-electron chi connectivity index (χ1n) is 8.06. The molecule has 1 aromatic heterocycles. The van der Waals surface area contributed by atoms with E-state index in [9.17, 15) is 4.79 Å². The minimum atomic E-state index is -0.239. The number of rotatable bonds is 7. The zero-order valence-electron chi connectivity index (χ0n) is 13.3. The highest BCUT2D eigenvalue weighted by Gasteiger charge is 2.26. The van der Waals surface area contributed by atoms with Crippen molar-refractivity contribution in [3.05, 3.63) is 41.6 Å². The average molecular weight is 327 g/mol. The maximum absolute atomic E-state index is 12.3. The van der Waals surface area contributed by atoms with Crippen molar-refractivity contribution in [1.29, 1.82) is 0 Å². The topological polar surface area (TPSA) is 113 Å². The van der Waals surface area contributed by atoms with E-state index in [2.05, 4.69) is 20.6 Å². The molecule has 5 N–H and O–H groups in total. The average Bonchev–Trinajstić information content (AvgIpc) is 3.40. The summed E-state index contributed by atoms with van der Waals surface area (Å²) in [6.07, 6.45) is 2.83. The van der Waals surface area contributed by atoms with Crippen molar-refractivity contribution >= 4 is 23.4 Å². The predicted molar refractivity (Wildman–Crippen MR) is 93.0 cm³/mol. The van der Waals surface area contributed by atoms with Crippen LogP contribution in [0.3, 0.4) is 0 Å². The number of carbonyl (C=O) groups is 1. The molecule has 0 bridgehead atoms. The summed E-state index contributed by atoms with van der Waals surface area (Å²) < 4.78 is 0. The van der Waals surface area contributed by atoms with Crippen LogP contribution in [-0.4, -0.2) is 34.1 Å². The molecule has 7 nitrogen and oxygen atoms in total. The number of anilines is 3. The highest BCUT2D eigenvalue weighted by molar-refractivity contribution is 6.04. The Morgan fingerprint density at radius 2 is 2.00 bits per heavy atom. The van der Waals surface area contributed by atoms with Crippen LogP contribution in [0.4, 0.5) is 17.5 Å². The first-order valence-corrected chi connectivity index (χ1v) is 8.06. The largest absolute Gasteiger partial charge is 0.399 e. The zero-order chi connectivity index (χ0) is 16.9. The van der Waals surface area contributed by atoms with E-state index < -0.39 is 0 Å². The van der Waals surface area contributed by atoms with Crippen molar-refractivity contribution in [3.8, 4) is 0 Å². The van der Waals surface area contributed by atoms with E-state index in [-0.39, 0.29) is 12.5 Å². The van der Waals surface area contributed by atoms with Gasteiger partial charge in [0.2, 0.25) is 5.95 Å². The first-order chi connectivity index (χ1) is 11.7. The second-order valence-corrected chi connectivity index (χ2v) is 5.86. The number of aliphatic hydroxyl groups is 1. The number of nitrogens with two attached hydrogens (primary N) is 1. The number of amides is 1. The number of benzene rings is 1. The van der Waals surface area contributed by atoms with Crippen LogP contribution in [0.15, 0.2) is 30.3 Å². The number of nitrogen functional groups attached to an aromatic ring is 1. The Balaban J connectivity index is 1.75. The number of hydrogen-bond donors (Lipinski definition) is 4. The molecule has 0 spiro atoms. The zero-order valence-corrected chi connectivity index (χ0v) is 13.3. The third-order valence-corrected chi connectivity index (χ3v) is 3.77. The molecule has 1 heterocycles. The van der Waals surface area contributed by atoms with Crippen molar-refractivity contribution in [2.75, 3.05) is 29.5 Å². The maximum Gasteiger partial charge on any atom is 0.256 e. The molecule has 24 heavy (non-hydrogen) atoms. The number of nitrogens with one attached hydrogen (secondary N) is 2. The Morgan fingerprint density at radius 1 is 1.25 bits per heavy atom.